The Morgan fingerprint density at radius 1 is 1.21 bits per heavy atom. The van der Waals surface area contributed by atoms with Crippen molar-refractivity contribution in [3.05, 3.63) is 23.8 Å². The first-order valence-electron chi connectivity index (χ1n) is 6.85. The largest absolute Gasteiger partial charge is 0.454 e. The van der Waals surface area contributed by atoms with Gasteiger partial charge in [-0.15, -0.1) is 0 Å². The van der Waals surface area contributed by atoms with Crippen LogP contribution in [0.1, 0.15) is 25.5 Å². The Morgan fingerprint density at radius 2 is 1.95 bits per heavy atom. The molecule has 0 bridgehead atoms. The smallest absolute Gasteiger partial charge is 0.231 e. The van der Waals surface area contributed by atoms with Crippen molar-refractivity contribution in [2.45, 2.75) is 19.9 Å². The van der Waals surface area contributed by atoms with Gasteiger partial charge in [-0.3, -0.25) is 0 Å². The van der Waals surface area contributed by atoms with Gasteiger partial charge in [0.1, 0.15) is 0 Å². The molecular formula is C15H24N2O2. The number of likely N-dealkylation sites (N-methyl/N-ethyl adjacent to an activating group) is 2. The molecule has 0 radical (unpaired) electrons. The van der Waals surface area contributed by atoms with E-state index in [9.17, 15) is 0 Å². The zero-order chi connectivity index (χ0) is 13.8. The van der Waals surface area contributed by atoms with Gasteiger partial charge in [-0.25, -0.2) is 0 Å². The van der Waals surface area contributed by atoms with Gasteiger partial charge in [0.25, 0.3) is 0 Å². The van der Waals surface area contributed by atoms with Crippen LogP contribution < -0.4 is 14.8 Å². The maximum atomic E-state index is 5.44. The zero-order valence-electron chi connectivity index (χ0n) is 12.3. The molecule has 2 rings (SSSR count). The molecule has 1 aromatic rings. The second-order valence-electron chi connectivity index (χ2n) is 5.57. The summed E-state index contributed by atoms with van der Waals surface area (Å²) < 4.78 is 10.8. The normalized spacial score (nSPS) is 15.3. The first-order valence-corrected chi connectivity index (χ1v) is 6.85. The van der Waals surface area contributed by atoms with Crippen LogP contribution in [0.2, 0.25) is 0 Å². The average Bonchev–Trinajstić information content (AvgIpc) is 2.82. The van der Waals surface area contributed by atoms with Gasteiger partial charge in [0.15, 0.2) is 11.5 Å². The van der Waals surface area contributed by atoms with Crippen molar-refractivity contribution in [3.63, 3.8) is 0 Å². The number of nitrogens with zero attached hydrogens (tertiary/aromatic N) is 1. The Balaban J connectivity index is 2.05. The number of hydrogen-bond donors (Lipinski definition) is 1. The highest BCUT2D eigenvalue weighted by atomic mass is 16.7. The summed E-state index contributed by atoms with van der Waals surface area (Å²) in [6.07, 6.45) is 0. The van der Waals surface area contributed by atoms with Crippen LogP contribution in [0.15, 0.2) is 18.2 Å². The molecule has 0 saturated heterocycles. The summed E-state index contributed by atoms with van der Waals surface area (Å²) in [4.78, 5) is 2.36. The van der Waals surface area contributed by atoms with E-state index in [1.54, 1.807) is 0 Å². The number of hydrogen-bond acceptors (Lipinski definition) is 4. The molecule has 0 aromatic heterocycles. The average molecular weight is 264 g/mol. The minimum Gasteiger partial charge on any atom is -0.454 e. The number of fused-ring (bicyclic) bond motifs is 1. The van der Waals surface area contributed by atoms with Crippen molar-refractivity contribution in [1.82, 2.24) is 10.2 Å². The summed E-state index contributed by atoms with van der Waals surface area (Å²) in [5.41, 5.74) is 1.24. The molecule has 106 valence electrons. The summed E-state index contributed by atoms with van der Waals surface area (Å²) in [6.45, 7) is 6.89. The molecule has 1 aliphatic rings. The molecule has 4 heteroatoms. The molecule has 4 nitrogen and oxygen atoms in total. The van der Waals surface area contributed by atoms with Crippen molar-refractivity contribution in [2.24, 2.45) is 5.92 Å². The Hall–Kier alpha value is -1.26. The summed E-state index contributed by atoms with van der Waals surface area (Å²) in [5, 5.41) is 3.38. The third kappa shape index (κ3) is 3.61. The van der Waals surface area contributed by atoms with Crippen molar-refractivity contribution in [1.29, 1.82) is 0 Å². The highest BCUT2D eigenvalue weighted by Gasteiger charge is 2.18. The van der Waals surface area contributed by atoms with E-state index in [0.29, 0.717) is 18.8 Å². The number of rotatable bonds is 6. The van der Waals surface area contributed by atoms with Gasteiger partial charge in [-0.05, 0) is 37.7 Å². The second-order valence-corrected chi connectivity index (χ2v) is 5.57. The molecule has 1 unspecified atom stereocenters. The van der Waals surface area contributed by atoms with Gasteiger partial charge in [0.05, 0.1) is 0 Å². The summed E-state index contributed by atoms with van der Waals surface area (Å²) in [7, 11) is 4.16. The molecule has 1 heterocycles. The van der Waals surface area contributed by atoms with Gasteiger partial charge < -0.3 is 19.7 Å². The van der Waals surface area contributed by atoms with Crippen molar-refractivity contribution in [2.75, 3.05) is 34.0 Å². The van der Waals surface area contributed by atoms with Crippen LogP contribution in [0.25, 0.3) is 0 Å². The molecule has 1 N–H and O–H groups in total. The lowest BCUT2D eigenvalue weighted by Crippen LogP contribution is -2.33. The minimum atomic E-state index is 0.304. The molecule has 0 spiro atoms. The fourth-order valence-corrected chi connectivity index (χ4v) is 2.50. The van der Waals surface area contributed by atoms with Gasteiger partial charge >= 0.3 is 0 Å². The predicted molar refractivity (Wildman–Crippen MR) is 76.7 cm³/mol. The van der Waals surface area contributed by atoms with Gasteiger partial charge in [-0.2, -0.15) is 0 Å². The van der Waals surface area contributed by atoms with Crippen molar-refractivity contribution >= 4 is 0 Å². The van der Waals surface area contributed by atoms with Crippen molar-refractivity contribution in [3.8, 4) is 11.5 Å². The van der Waals surface area contributed by atoms with Gasteiger partial charge in [-0.1, -0.05) is 19.9 Å². The minimum absolute atomic E-state index is 0.304. The number of ether oxygens (including phenoxy) is 2. The molecule has 1 aromatic carbocycles. The topological polar surface area (TPSA) is 33.7 Å². The van der Waals surface area contributed by atoms with Crippen LogP contribution in [0.3, 0.4) is 0 Å². The van der Waals surface area contributed by atoms with E-state index in [0.717, 1.165) is 24.6 Å². The fourth-order valence-electron chi connectivity index (χ4n) is 2.50. The van der Waals surface area contributed by atoms with Crippen LogP contribution in [-0.2, 0) is 0 Å². The molecule has 19 heavy (non-hydrogen) atoms. The highest BCUT2D eigenvalue weighted by molar-refractivity contribution is 5.45. The number of benzene rings is 1. The summed E-state index contributed by atoms with van der Waals surface area (Å²) in [5.74, 6) is 2.37. The molecule has 0 aliphatic carbocycles. The SMILES string of the molecule is CNC(CN(C)CC(C)C)c1ccc2c(c1)OCO2. The van der Waals surface area contributed by atoms with Crippen LogP contribution in [-0.4, -0.2) is 38.9 Å². The standard InChI is InChI=1S/C15H24N2O2/c1-11(2)8-17(4)9-13(16-3)12-5-6-14-15(7-12)19-10-18-14/h5-7,11,13,16H,8-10H2,1-4H3. The fraction of sp³-hybridized carbons (Fsp3) is 0.600. The number of nitrogens with one attached hydrogen (secondary N) is 1. The third-order valence-electron chi connectivity index (χ3n) is 3.32. The van der Waals surface area contributed by atoms with Crippen LogP contribution in [0, 0.1) is 5.92 Å². The Kier molecular flexibility index (Phi) is 4.66. The lowest BCUT2D eigenvalue weighted by Gasteiger charge is -2.25. The molecule has 0 fully saturated rings. The van der Waals surface area contributed by atoms with Gasteiger partial charge in [0.2, 0.25) is 6.79 Å². The highest BCUT2D eigenvalue weighted by Crippen LogP contribution is 2.34. The van der Waals surface area contributed by atoms with E-state index in [2.05, 4.69) is 43.2 Å². The third-order valence-corrected chi connectivity index (χ3v) is 3.32. The van der Waals surface area contributed by atoms with Gasteiger partial charge in [0, 0.05) is 19.1 Å². The first kappa shape index (κ1) is 14.2. The molecule has 1 aliphatic heterocycles. The Bertz CT molecular complexity index is 421. The monoisotopic (exact) mass is 264 g/mol. The van der Waals surface area contributed by atoms with Crippen LogP contribution in [0.4, 0.5) is 0 Å². The predicted octanol–water partition coefficient (Wildman–Crippen LogP) is 2.26. The second kappa shape index (κ2) is 6.26. The van der Waals surface area contributed by atoms with E-state index in [-0.39, 0.29) is 0 Å². The molecular weight excluding hydrogens is 240 g/mol. The summed E-state index contributed by atoms with van der Waals surface area (Å²) in [6, 6.07) is 6.48. The molecule has 0 amide bonds. The maximum Gasteiger partial charge on any atom is 0.231 e. The van der Waals surface area contributed by atoms with E-state index >= 15 is 0 Å². The van der Waals surface area contributed by atoms with E-state index < -0.39 is 0 Å². The Morgan fingerprint density at radius 3 is 2.63 bits per heavy atom. The maximum absolute atomic E-state index is 5.44. The van der Waals surface area contributed by atoms with E-state index in [4.69, 9.17) is 9.47 Å². The lowest BCUT2D eigenvalue weighted by molar-refractivity contribution is 0.174. The zero-order valence-corrected chi connectivity index (χ0v) is 12.3. The lowest BCUT2D eigenvalue weighted by atomic mass is 10.1. The molecule has 0 saturated carbocycles. The van der Waals surface area contributed by atoms with Crippen LogP contribution in [0.5, 0.6) is 11.5 Å². The quantitative estimate of drug-likeness (QED) is 0.854. The van der Waals surface area contributed by atoms with E-state index in [1.807, 2.05) is 13.1 Å². The van der Waals surface area contributed by atoms with Crippen LogP contribution >= 0.6 is 0 Å². The Labute approximate surface area is 115 Å². The van der Waals surface area contributed by atoms with E-state index in [1.165, 1.54) is 5.56 Å². The summed E-state index contributed by atoms with van der Waals surface area (Å²) >= 11 is 0. The van der Waals surface area contributed by atoms with Crippen molar-refractivity contribution < 1.29 is 9.47 Å². The molecule has 1 atom stereocenters. The first-order chi connectivity index (χ1) is 9.10.